The number of carbonyl (C=O) groups is 2. The molecule has 0 saturated heterocycles. The van der Waals surface area contributed by atoms with Crippen LogP contribution in [0.25, 0.3) is 0 Å². The molecule has 1 heterocycles. The van der Waals surface area contributed by atoms with Crippen LogP contribution in [0, 0.1) is 6.92 Å². The Labute approximate surface area is 84.8 Å². The lowest BCUT2D eigenvalue weighted by Gasteiger charge is -2.06. The van der Waals surface area contributed by atoms with Crippen LogP contribution in [0.2, 0.25) is 0 Å². The van der Waals surface area contributed by atoms with Gasteiger partial charge in [0.2, 0.25) is 0 Å². The molecular formula is C8H10N2O3S. The molecule has 1 amide bonds. The summed E-state index contributed by atoms with van der Waals surface area (Å²) < 4.78 is 0. The fraction of sp³-hybridized carbons (Fsp3) is 0.375. The Bertz CT molecular complexity index is 361. The number of rotatable bonds is 3. The molecule has 1 atom stereocenters. The molecule has 76 valence electrons. The quantitative estimate of drug-likeness (QED) is 0.774. The van der Waals surface area contributed by atoms with Gasteiger partial charge >= 0.3 is 5.97 Å². The largest absolute Gasteiger partial charge is 0.480 e. The number of thiazole rings is 1. The molecule has 1 aromatic rings. The second-order valence-electron chi connectivity index (χ2n) is 2.79. The molecule has 0 aromatic carbocycles. The molecule has 0 bridgehead atoms. The fourth-order valence-corrected chi connectivity index (χ4v) is 1.39. The Morgan fingerprint density at radius 1 is 1.64 bits per heavy atom. The summed E-state index contributed by atoms with van der Waals surface area (Å²) in [6, 6.07) is -0.899. The Hall–Kier alpha value is -1.43. The zero-order valence-electron chi connectivity index (χ0n) is 7.77. The average Bonchev–Trinajstić information content (AvgIpc) is 2.51. The topological polar surface area (TPSA) is 79.3 Å². The molecule has 0 fully saturated rings. The van der Waals surface area contributed by atoms with Crippen molar-refractivity contribution in [2.24, 2.45) is 0 Å². The summed E-state index contributed by atoms with van der Waals surface area (Å²) in [5, 5.41) is 13.2. The lowest BCUT2D eigenvalue weighted by Crippen LogP contribution is -2.38. The SMILES string of the molecule is Cc1nc(C(=O)N[C@H](C)C(=O)O)cs1. The number of nitrogens with one attached hydrogen (secondary N) is 1. The van der Waals surface area contributed by atoms with Gasteiger partial charge in [0.05, 0.1) is 5.01 Å². The van der Waals surface area contributed by atoms with Gasteiger partial charge in [0.25, 0.3) is 5.91 Å². The van der Waals surface area contributed by atoms with Crippen molar-refractivity contribution >= 4 is 23.2 Å². The van der Waals surface area contributed by atoms with Gasteiger partial charge in [0.15, 0.2) is 0 Å². The van der Waals surface area contributed by atoms with Crippen LogP contribution in [0.1, 0.15) is 22.4 Å². The number of carbonyl (C=O) groups excluding carboxylic acids is 1. The van der Waals surface area contributed by atoms with Gasteiger partial charge in [-0.1, -0.05) is 0 Å². The Balaban J connectivity index is 2.63. The fourth-order valence-electron chi connectivity index (χ4n) is 0.800. The first-order valence-corrected chi connectivity index (χ1v) is 4.84. The number of hydrogen-bond acceptors (Lipinski definition) is 4. The summed E-state index contributed by atoms with van der Waals surface area (Å²) in [5.74, 6) is -1.52. The number of carboxylic acids is 1. The van der Waals surface area contributed by atoms with Crippen LogP contribution in [0.15, 0.2) is 5.38 Å². The number of amides is 1. The van der Waals surface area contributed by atoms with Crippen LogP contribution < -0.4 is 5.32 Å². The first-order valence-electron chi connectivity index (χ1n) is 3.96. The van der Waals surface area contributed by atoms with Crippen LogP contribution in [0.4, 0.5) is 0 Å². The number of aryl methyl sites for hydroxylation is 1. The van der Waals surface area contributed by atoms with E-state index in [2.05, 4.69) is 10.3 Å². The van der Waals surface area contributed by atoms with E-state index in [-0.39, 0.29) is 5.69 Å². The van der Waals surface area contributed by atoms with E-state index in [9.17, 15) is 9.59 Å². The minimum Gasteiger partial charge on any atom is -0.480 e. The van der Waals surface area contributed by atoms with Crippen molar-refractivity contribution in [3.8, 4) is 0 Å². The van der Waals surface area contributed by atoms with Crippen LogP contribution in [-0.4, -0.2) is 28.0 Å². The van der Waals surface area contributed by atoms with E-state index >= 15 is 0 Å². The predicted octanol–water partition coefficient (Wildman–Crippen LogP) is 0.654. The highest BCUT2D eigenvalue weighted by molar-refractivity contribution is 7.09. The van der Waals surface area contributed by atoms with Gasteiger partial charge in [0, 0.05) is 5.38 Å². The van der Waals surface area contributed by atoms with Crippen molar-refractivity contribution in [1.29, 1.82) is 0 Å². The zero-order valence-corrected chi connectivity index (χ0v) is 8.59. The maximum absolute atomic E-state index is 11.3. The molecule has 6 heteroatoms. The third kappa shape index (κ3) is 2.53. The molecule has 0 aliphatic carbocycles. The lowest BCUT2D eigenvalue weighted by atomic mass is 10.3. The zero-order chi connectivity index (χ0) is 10.7. The normalized spacial score (nSPS) is 12.1. The van der Waals surface area contributed by atoms with Crippen molar-refractivity contribution in [1.82, 2.24) is 10.3 Å². The molecule has 1 rings (SSSR count). The van der Waals surface area contributed by atoms with Gasteiger partial charge < -0.3 is 10.4 Å². The first kappa shape index (κ1) is 10.6. The summed E-state index contributed by atoms with van der Waals surface area (Å²) >= 11 is 1.35. The van der Waals surface area contributed by atoms with E-state index in [1.165, 1.54) is 18.3 Å². The van der Waals surface area contributed by atoms with Gasteiger partial charge in [-0.3, -0.25) is 9.59 Å². The van der Waals surface area contributed by atoms with Gasteiger partial charge in [-0.25, -0.2) is 4.98 Å². The summed E-state index contributed by atoms with van der Waals surface area (Å²) in [5.41, 5.74) is 0.264. The van der Waals surface area contributed by atoms with Gasteiger partial charge in [-0.15, -0.1) is 11.3 Å². The molecule has 2 N–H and O–H groups in total. The molecular weight excluding hydrogens is 204 g/mol. The van der Waals surface area contributed by atoms with Crippen LogP contribution in [-0.2, 0) is 4.79 Å². The van der Waals surface area contributed by atoms with Gasteiger partial charge in [0.1, 0.15) is 11.7 Å². The number of aromatic nitrogens is 1. The van der Waals surface area contributed by atoms with Gasteiger partial charge in [-0.2, -0.15) is 0 Å². The van der Waals surface area contributed by atoms with Crippen LogP contribution >= 0.6 is 11.3 Å². The summed E-state index contributed by atoms with van der Waals surface area (Å²) in [7, 11) is 0. The molecule has 0 aliphatic rings. The Morgan fingerprint density at radius 2 is 2.29 bits per heavy atom. The third-order valence-corrected chi connectivity index (χ3v) is 2.34. The Morgan fingerprint density at radius 3 is 2.71 bits per heavy atom. The first-order chi connectivity index (χ1) is 6.50. The summed E-state index contributed by atoms with van der Waals surface area (Å²) in [4.78, 5) is 25.7. The highest BCUT2D eigenvalue weighted by Gasteiger charge is 2.16. The van der Waals surface area contributed by atoms with Crippen molar-refractivity contribution < 1.29 is 14.7 Å². The average molecular weight is 214 g/mol. The van der Waals surface area contributed by atoms with E-state index in [1.54, 1.807) is 12.3 Å². The van der Waals surface area contributed by atoms with Crippen molar-refractivity contribution in [2.45, 2.75) is 19.9 Å². The van der Waals surface area contributed by atoms with E-state index < -0.39 is 17.9 Å². The standard InChI is InChI=1S/C8H10N2O3S/c1-4(8(12)13)9-7(11)6-3-14-5(2)10-6/h3-4H,1-2H3,(H,9,11)(H,12,13)/t4-/m1/s1. The highest BCUT2D eigenvalue weighted by atomic mass is 32.1. The maximum Gasteiger partial charge on any atom is 0.325 e. The minimum absolute atomic E-state index is 0.264. The van der Waals surface area contributed by atoms with E-state index in [0.717, 1.165) is 5.01 Å². The van der Waals surface area contributed by atoms with Crippen molar-refractivity contribution in [3.05, 3.63) is 16.1 Å². The molecule has 0 unspecified atom stereocenters. The minimum atomic E-state index is -1.06. The van der Waals surface area contributed by atoms with E-state index in [1.807, 2.05) is 0 Å². The smallest absolute Gasteiger partial charge is 0.325 e. The summed E-state index contributed by atoms with van der Waals surface area (Å²) in [6.07, 6.45) is 0. The van der Waals surface area contributed by atoms with Gasteiger partial charge in [-0.05, 0) is 13.8 Å². The predicted molar refractivity (Wildman–Crippen MR) is 51.4 cm³/mol. The second kappa shape index (κ2) is 4.19. The second-order valence-corrected chi connectivity index (χ2v) is 3.85. The number of carboxylic acid groups (broad SMARTS) is 1. The maximum atomic E-state index is 11.3. The van der Waals surface area contributed by atoms with Crippen LogP contribution in [0.3, 0.4) is 0 Å². The lowest BCUT2D eigenvalue weighted by molar-refractivity contribution is -0.138. The molecule has 0 spiro atoms. The molecule has 0 saturated carbocycles. The number of hydrogen-bond donors (Lipinski definition) is 2. The van der Waals surface area contributed by atoms with Crippen LogP contribution in [0.5, 0.6) is 0 Å². The monoisotopic (exact) mass is 214 g/mol. The number of aliphatic carboxylic acids is 1. The highest BCUT2D eigenvalue weighted by Crippen LogP contribution is 2.07. The molecule has 0 radical (unpaired) electrons. The molecule has 0 aliphatic heterocycles. The van der Waals surface area contributed by atoms with Crippen molar-refractivity contribution in [2.75, 3.05) is 0 Å². The van der Waals surface area contributed by atoms with Crippen molar-refractivity contribution in [3.63, 3.8) is 0 Å². The van der Waals surface area contributed by atoms with E-state index in [4.69, 9.17) is 5.11 Å². The molecule has 5 nitrogen and oxygen atoms in total. The Kier molecular flexibility index (Phi) is 3.19. The third-order valence-electron chi connectivity index (χ3n) is 1.57. The summed E-state index contributed by atoms with van der Waals surface area (Å²) in [6.45, 7) is 3.18. The molecule has 1 aromatic heterocycles. The van der Waals surface area contributed by atoms with E-state index in [0.29, 0.717) is 0 Å². The molecule has 14 heavy (non-hydrogen) atoms. The number of nitrogens with zero attached hydrogens (tertiary/aromatic N) is 1.